The largest absolute Gasteiger partial charge is 0.303 e. The second-order valence-electron chi connectivity index (χ2n) is 2.47. The first-order chi connectivity index (χ1) is 6.91. The minimum Gasteiger partial charge on any atom is -0.303 e. The van der Waals surface area contributed by atoms with Gasteiger partial charge >= 0.3 is 0 Å². The van der Waals surface area contributed by atoms with Crippen LogP contribution in [0.25, 0.3) is 0 Å². The molecule has 14 heavy (non-hydrogen) atoms. The highest BCUT2D eigenvalue weighted by atomic mass is 16.1. The van der Waals surface area contributed by atoms with Crippen molar-refractivity contribution < 1.29 is 4.79 Å². The molecule has 0 heterocycles. The number of rotatable bonds is 4. The molecule has 0 amide bonds. The fourth-order valence-corrected chi connectivity index (χ4v) is 0.709. The van der Waals surface area contributed by atoms with Gasteiger partial charge in [-0.05, 0) is 25.5 Å². The van der Waals surface area contributed by atoms with Crippen LogP contribution in [0.2, 0.25) is 0 Å². The van der Waals surface area contributed by atoms with Gasteiger partial charge in [0.15, 0.2) is 0 Å². The molecule has 72 valence electrons. The van der Waals surface area contributed by atoms with Gasteiger partial charge in [-0.2, -0.15) is 0 Å². The van der Waals surface area contributed by atoms with Gasteiger partial charge in [0.1, 0.15) is 6.29 Å². The molecule has 0 bridgehead atoms. The van der Waals surface area contributed by atoms with Gasteiger partial charge in [-0.1, -0.05) is 29.9 Å². The zero-order valence-electron chi connectivity index (χ0n) is 8.42. The van der Waals surface area contributed by atoms with Crippen LogP contribution in [0.5, 0.6) is 0 Å². The molecule has 0 aromatic rings. The molecule has 0 aromatic heterocycles. The fourth-order valence-electron chi connectivity index (χ4n) is 0.709. The second kappa shape index (κ2) is 11.3. The van der Waals surface area contributed by atoms with Crippen LogP contribution in [0.15, 0.2) is 24.3 Å². The van der Waals surface area contributed by atoms with Crippen molar-refractivity contribution in [3.63, 3.8) is 0 Å². The molecule has 0 saturated carbocycles. The molecule has 0 spiro atoms. The Bertz CT molecular complexity index is 313. The summed E-state index contributed by atoms with van der Waals surface area (Å²) in [4.78, 5) is 9.96. The van der Waals surface area contributed by atoms with Crippen LogP contribution >= 0.6 is 0 Å². The van der Waals surface area contributed by atoms with Crippen LogP contribution in [0.1, 0.15) is 26.2 Å². The summed E-state index contributed by atoms with van der Waals surface area (Å²) >= 11 is 0. The Hall–Kier alpha value is -1.73. The highest BCUT2D eigenvalue weighted by Gasteiger charge is 1.75. The summed E-state index contributed by atoms with van der Waals surface area (Å²) in [7, 11) is 0. The molecule has 0 N–H and O–H groups in total. The van der Waals surface area contributed by atoms with E-state index in [9.17, 15) is 4.79 Å². The van der Waals surface area contributed by atoms with Crippen molar-refractivity contribution in [3.8, 4) is 23.7 Å². The lowest BCUT2D eigenvalue weighted by molar-refractivity contribution is -0.107. The van der Waals surface area contributed by atoms with E-state index >= 15 is 0 Å². The molecular formula is C13H14O. The molecule has 0 fully saturated rings. The van der Waals surface area contributed by atoms with E-state index in [0.717, 1.165) is 19.1 Å². The van der Waals surface area contributed by atoms with Gasteiger partial charge in [0.25, 0.3) is 0 Å². The average molecular weight is 186 g/mol. The molecule has 0 radical (unpaired) electrons. The number of aldehydes is 1. The van der Waals surface area contributed by atoms with Crippen LogP contribution in [-0.2, 0) is 4.79 Å². The summed E-state index contributed by atoms with van der Waals surface area (Å²) in [5.41, 5.74) is 0. The molecule has 1 heteroatoms. The van der Waals surface area contributed by atoms with Crippen molar-refractivity contribution in [2.45, 2.75) is 26.2 Å². The maximum Gasteiger partial charge on any atom is 0.120 e. The predicted octanol–water partition coefficient (Wildman–Crippen LogP) is 2.49. The van der Waals surface area contributed by atoms with Crippen molar-refractivity contribution >= 4 is 6.29 Å². The first kappa shape index (κ1) is 12.3. The molecule has 0 aliphatic carbocycles. The lowest BCUT2D eigenvalue weighted by Crippen LogP contribution is -1.69. The first-order valence-corrected chi connectivity index (χ1v) is 4.56. The normalized spacial score (nSPS) is 9.21. The zero-order chi connectivity index (χ0) is 10.5. The molecular weight excluding hydrogens is 172 g/mol. The lowest BCUT2D eigenvalue weighted by atomic mass is 10.3. The third-order valence-electron chi connectivity index (χ3n) is 1.33. The summed E-state index contributed by atoms with van der Waals surface area (Å²) in [6, 6.07) is 0. The van der Waals surface area contributed by atoms with E-state index in [0.29, 0.717) is 6.42 Å². The Kier molecular flexibility index (Phi) is 9.88. The molecule has 0 unspecified atom stereocenters. The fraction of sp³-hybridized carbons (Fsp3) is 0.308. The minimum atomic E-state index is 0.593. The van der Waals surface area contributed by atoms with Gasteiger partial charge in [-0.25, -0.2) is 0 Å². The minimum absolute atomic E-state index is 0.593. The molecule has 0 atom stereocenters. The number of unbranched alkanes of at least 4 members (excludes halogenated alkanes) is 1. The molecule has 1 nitrogen and oxygen atoms in total. The van der Waals surface area contributed by atoms with Gasteiger partial charge < -0.3 is 4.79 Å². The number of allylic oxidation sites excluding steroid dienone is 4. The topological polar surface area (TPSA) is 17.1 Å². The summed E-state index contributed by atoms with van der Waals surface area (Å²) in [6.45, 7) is 1.79. The van der Waals surface area contributed by atoms with E-state index < -0.39 is 0 Å². The smallest absolute Gasteiger partial charge is 0.120 e. The van der Waals surface area contributed by atoms with Crippen LogP contribution in [0.4, 0.5) is 0 Å². The van der Waals surface area contributed by atoms with Gasteiger partial charge in [0.2, 0.25) is 0 Å². The first-order valence-electron chi connectivity index (χ1n) is 4.56. The second-order valence-corrected chi connectivity index (χ2v) is 2.47. The number of carbonyl (C=O) groups excluding carboxylic acids is 1. The number of hydrogen-bond acceptors (Lipinski definition) is 1. The Morgan fingerprint density at radius 2 is 1.86 bits per heavy atom. The lowest BCUT2D eigenvalue weighted by Gasteiger charge is -1.80. The third-order valence-corrected chi connectivity index (χ3v) is 1.33. The van der Waals surface area contributed by atoms with E-state index in [-0.39, 0.29) is 0 Å². The van der Waals surface area contributed by atoms with E-state index in [4.69, 9.17) is 0 Å². The Labute approximate surface area is 85.9 Å². The monoisotopic (exact) mass is 186 g/mol. The van der Waals surface area contributed by atoms with Gasteiger partial charge in [0, 0.05) is 12.8 Å². The van der Waals surface area contributed by atoms with Gasteiger partial charge in [-0.15, -0.1) is 5.92 Å². The summed E-state index contributed by atoms with van der Waals surface area (Å²) in [6.07, 6.45) is 10.4. The van der Waals surface area contributed by atoms with E-state index in [2.05, 4.69) is 23.7 Å². The molecule has 0 aliphatic heterocycles. The summed E-state index contributed by atoms with van der Waals surface area (Å²) in [5, 5.41) is 0. The predicted molar refractivity (Wildman–Crippen MR) is 59.4 cm³/mol. The summed E-state index contributed by atoms with van der Waals surface area (Å²) in [5.74, 6) is 11.3. The highest BCUT2D eigenvalue weighted by molar-refractivity contribution is 5.49. The molecule has 0 saturated heterocycles. The highest BCUT2D eigenvalue weighted by Crippen LogP contribution is 1.88. The Balaban J connectivity index is 3.54. The standard InChI is InChI=1S/C13H14O/c1-2-3-4-5-6-7-8-9-10-11-12-13-14/h4-5,9-10,13H,8,11-12H2,1H3/b5-4+,10-9+. The molecule has 0 aromatic carbocycles. The van der Waals surface area contributed by atoms with Crippen LogP contribution in [0.3, 0.4) is 0 Å². The SMILES string of the molecule is CC#C/C=C/C#CC/C=C/CCC=O. The Morgan fingerprint density at radius 1 is 1.07 bits per heavy atom. The summed E-state index contributed by atoms with van der Waals surface area (Å²) < 4.78 is 0. The molecule has 0 aliphatic rings. The van der Waals surface area contributed by atoms with Crippen molar-refractivity contribution in [2.24, 2.45) is 0 Å². The van der Waals surface area contributed by atoms with E-state index in [1.165, 1.54) is 0 Å². The van der Waals surface area contributed by atoms with Crippen molar-refractivity contribution in [3.05, 3.63) is 24.3 Å². The zero-order valence-corrected chi connectivity index (χ0v) is 8.42. The molecule has 0 rings (SSSR count). The van der Waals surface area contributed by atoms with Crippen molar-refractivity contribution in [1.29, 1.82) is 0 Å². The van der Waals surface area contributed by atoms with E-state index in [1.54, 1.807) is 19.1 Å². The van der Waals surface area contributed by atoms with Crippen LogP contribution in [-0.4, -0.2) is 6.29 Å². The maximum atomic E-state index is 9.96. The maximum absolute atomic E-state index is 9.96. The van der Waals surface area contributed by atoms with Crippen LogP contribution < -0.4 is 0 Å². The van der Waals surface area contributed by atoms with Crippen LogP contribution in [0, 0.1) is 23.7 Å². The quantitative estimate of drug-likeness (QED) is 0.285. The van der Waals surface area contributed by atoms with Gasteiger partial charge in [0.05, 0.1) is 0 Å². The van der Waals surface area contributed by atoms with E-state index in [1.807, 2.05) is 12.2 Å². The third kappa shape index (κ3) is 10.3. The van der Waals surface area contributed by atoms with Crippen molar-refractivity contribution in [1.82, 2.24) is 0 Å². The van der Waals surface area contributed by atoms with Crippen molar-refractivity contribution in [2.75, 3.05) is 0 Å². The number of hydrogen-bond donors (Lipinski definition) is 0. The average Bonchev–Trinajstić information content (AvgIpc) is 2.21. The number of carbonyl (C=O) groups is 1. The van der Waals surface area contributed by atoms with Gasteiger partial charge in [-0.3, -0.25) is 0 Å². The Morgan fingerprint density at radius 3 is 2.57 bits per heavy atom.